The average Bonchev–Trinajstić information content (AvgIpc) is 3.33. The zero-order valence-electron chi connectivity index (χ0n) is 15.5. The third-order valence-corrected chi connectivity index (χ3v) is 5.76. The van der Waals surface area contributed by atoms with Crippen molar-refractivity contribution in [3.05, 3.63) is 45.1 Å². The van der Waals surface area contributed by atoms with E-state index >= 15 is 0 Å². The Bertz CT molecular complexity index is 924. The smallest absolute Gasteiger partial charge is 0.251 e. The summed E-state index contributed by atoms with van der Waals surface area (Å²) in [6, 6.07) is 7.30. The summed E-state index contributed by atoms with van der Waals surface area (Å²) in [5.74, 6) is 1.13. The van der Waals surface area contributed by atoms with E-state index in [2.05, 4.69) is 10.3 Å². The zero-order valence-corrected chi connectivity index (χ0v) is 17.1. The molecule has 0 aliphatic carbocycles. The highest BCUT2D eigenvalue weighted by Gasteiger charge is 2.17. The summed E-state index contributed by atoms with van der Waals surface area (Å²) >= 11 is 3.24. The first kappa shape index (κ1) is 19.2. The van der Waals surface area contributed by atoms with Gasteiger partial charge in [0.05, 0.1) is 43.5 Å². The van der Waals surface area contributed by atoms with Crippen molar-refractivity contribution < 1.29 is 19.0 Å². The van der Waals surface area contributed by atoms with E-state index in [0.29, 0.717) is 29.4 Å². The maximum Gasteiger partial charge on any atom is 0.251 e. The minimum Gasteiger partial charge on any atom is -0.493 e. The minimum atomic E-state index is -0.214. The maximum absolute atomic E-state index is 12.6. The molecule has 1 amide bonds. The molecule has 0 unspecified atom stereocenters. The molecule has 27 heavy (non-hydrogen) atoms. The van der Waals surface area contributed by atoms with Gasteiger partial charge in [-0.2, -0.15) is 0 Å². The second-order valence-corrected chi connectivity index (χ2v) is 7.84. The van der Waals surface area contributed by atoms with Crippen LogP contribution in [-0.4, -0.2) is 32.2 Å². The highest BCUT2D eigenvalue weighted by molar-refractivity contribution is 7.16. The van der Waals surface area contributed by atoms with Crippen LogP contribution in [0, 0.1) is 6.92 Å². The van der Waals surface area contributed by atoms with E-state index in [4.69, 9.17) is 14.2 Å². The molecule has 2 aromatic heterocycles. The molecule has 0 fully saturated rings. The Morgan fingerprint density at radius 1 is 1.11 bits per heavy atom. The Hall–Kier alpha value is -2.58. The summed E-state index contributed by atoms with van der Waals surface area (Å²) < 4.78 is 15.9. The van der Waals surface area contributed by atoms with Crippen LogP contribution in [-0.2, 0) is 6.54 Å². The van der Waals surface area contributed by atoms with E-state index < -0.39 is 0 Å². The fourth-order valence-electron chi connectivity index (χ4n) is 2.57. The number of benzene rings is 1. The van der Waals surface area contributed by atoms with E-state index in [0.717, 1.165) is 20.5 Å². The highest BCUT2D eigenvalue weighted by atomic mass is 32.1. The normalized spacial score (nSPS) is 10.5. The summed E-state index contributed by atoms with van der Waals surface area (Å²) in [6.07, 6.45) is 0. The lowest BCUT2D eigenvalue weighted by Crippen LogP contribution is -2.22. The maximum atomic E-state index is 12.6. The Labute approximate surface area is 165 Å². The van der Waals surface area contributed by atoms with Crippen molar-refractivity contribution in [1.29, 1.82) is 0 Å². The zero-order chi connectivity index (χ0) is 19.4. The van der Waals surface area contributed by atoms with Gasteiger partial charge in [-0.1, -0.05) is 0 Å². The fourth-order valence-corrected chi connectivity index (χ4v) is 4.16. The van der Waals surface area contributed by atoms with Gasteiger partial charge in [0.1, 0.15) is 0 Å². The summed E-state index contributed by atoms with van der Waals surface area (Å²) in [4.78, 5) is 19.2. The van der Waals surface area contributed by atoms with Gasteiger partial charge in [0.25, 0.3) is 5.91 Å². The number of hydrogen-bond donors (Lipinski definition) is 1. The van der Waals surface area contributed by atoms with Crippen LogP contribution in [0.2, 0.25) is 0 Å². The van der Waals surface area contributed by atoms with Gasteiger partial charge in [-0.25, -0.2) is 4.98 Å². The molecule has 142 valence electrons. The van der Waals surface area contributed by atoms with Crippen LogP contribution in [0.5, 0.6) is 17.2 Å². The fraction of sp³-hybridized carbons (Fsp3) is 0.263. The monoisotopic (exact) mass is 404 g/mol. The number of methoxy groups -OCH3 is 3. The van der Waals surface area contributed by atoms with Crippen molar-refractivity contribution in [2.45, 2.75) is 13.5 Å². The molecule has 0 atom stereocenters. The predicted octanol–water partition coefficient (Wildman–Crippen LogP) is 4.14. The Morgan fingerprint density at radius 3 is 2.37 bits per heavy atom. The summed E-state index contributed by atoms with van der Waals surface area (Å²) in [5.41, 5.74) is 1.42. The molecular weight excluding hydrogens is 384 g/mol. The quantitative estimate of drug-likeness (QED) is 0.641. The average molecular weight is 405 g/mol. The van der Waals surface area contributed by atoms with Gasteiger partial charge in [-0.15, -0.1) is 22.7 Å². The van der Waals surface area contributed by atoms with Crippen LogP contribution in [0.3, 0.4) is 0 Å². The Kier molecular flexibility index (Phi) is 5.98. The number of aromatic nitrogens is 1. The van der Waals surface area contributed by atoms with Crippen molar-refractivity contribution in [2.75, 3.05) is 21.3 Å². The van der Waals surface area contributed by atoms with Crippen molar-refractivity contribution in [1.82, 2.24) is 10.3 Å². The molecule has 0 aliphatic rings. The molecule has 0 saturated carbocycles. The standard InChI is InChI=1S/C19H20N2O4S2/c1-11-21-14(10-26-11)17-6-5-13(27-17)9-20-19(22)12-7-15(23-2)18(25-4)16(8-12)24-3/h5-8,10H,9H2,1-4H3,(H,20,22). The summed E-state index contributed by atoms with van der Waals surface area (Å²) in [5, 5.41) is 6.01. The predicted molar refractivity (Wildman–Crippen MR) is 107 cm³/mol. The van der Waals surface area contributed by atoms with E-state index in [1.54, 1.807) is 34.8 Å². The van der Waals surface area contributed by atoms with Crippen molar-refractivity contribution >= 4 is 28.6 Å². The van der Waals surface area contributed by atoms with E-state index in [-0.39, 0.29) is 5.91 Å². The highest BCUT2D eigenvalue weighted by Crippen LogP contribution is 2.38. The molecule has 3 aromatic rings. The molecule has 0 bridgehead atoms. The lowest BCUT2D eigenvalue weighted by atomic mass is 10.1. The third kappa shape index (κ3) is 4.23. The number of ether oxygens (including phenoxy) is 3. The molecule has 0 radical (unpaired) electrons. The van der Waals surface area contributed by atoms with E-state index in [9.17, 15) is 4.79 Å². The van der Waals surface area contributed by atoms with Gasteiger partial charge >= 0.3 is 0 Å². The van der Waals surface area contributed by atoms with Crippen LogP contribution in [0.15, 0.2) is 29.6 Å². The number of amides is 1. The lowest BCUT2D eigenvalue weighted by Gasteiger charge is -2.14. The molecule has 0 spiro atoms. The van der Waals surface area contributed by atoms with Gasteiger partial charge in [0, 0.05) is 15.8 Å². The van der Waals surface area contributed by atoms with Crippen LogP contribution in [0.1, 0.15) is 20.2 Å². The van der Waals surface area contributed by atoms with Crippen LogP contribution < -0.4 is 19.5 Å². The minimum absolute atomic E-state index is 0.214. The molecule has 6 nitrogen and oxygen atoms in total. The third-order valence-electron chi connectivity index (χ3n) is 3.88. The number of carbonyl (C=O) groups excluding carboxylic acids is 1. The second kappa shape index (κ2) is 8.41. The van der Waals surface area contributed by atoms with Crippen molar-refractivity contribution in [3.8, 4) is 27.8 Å². The van der Waals surface area contributed by atoms with E-state index in [1.807, 2.05) is 24.4 Å². The topological polar surface area (TPSA) is 69.7 Å². The number of carbonyl (C=O) groups is 1. The van der Waals surface area contributed by atoms with Crippen molar-refractivity contribution in [2.24, 2.45) is 0 Å². The number of nitrogens with one attached hydrogen (secondary N) is 1. The lowest BCUT2D eigenvalue weighted by molar-refractivity contribution is 0.0950. The van der Waals surface area contributed by atoms with Crippen LogP contribution >= 0.6 is 22.7 Å². The molecule has 1 aromatic carbocycles. The van der Waals surface area contributed by atoms with Gasteiger partial charge in [0.15, 0.2) is 11.5 Å². The molecule has 8 heteroatoms. The number of thiophene rings is 1. The first-order valence-corrected chi connectivity index (χ1v) is 9.84. The van der Waals surface area contributed by atoms with E-state index in [1.165, 1.54) is 21.3 Å². The summed E-state index contributed by atoms with van der Waals surface area (Å²) in [6.45, 7) is 2.42. The first-order chi connectivity index (χ1) is 13.0. The van der Waals surface area contributed by atoms with Gasteiger partial charge < -0.3 is 19.5 Å². The molecule has 0 saturated heterocycles. The Morgan fingerprint density at radius 2 is 1.81 bits per heavy atom. The number of nitrogens with zero attached hydrogens (tertiary/aromatic N) is 1. The van der Waals surface area contributed by atoms with Crippen LogP contribution in [0.25, 0.3) is 10.6 Å². The molecule has 3 rings (SSSR count). The summed E-state index contributed by atoms with van der Waals surface area (Å²) in [7, 11) is 4.57. The van der Waals surface area contributed by atoms with Gasteiger partial charge in [-0.05, 0) is 31.2 Å². The Balaban J connectivity index is 1.72. The molecule has 0 aliphatic heterocycles. The van der Waals surface area contributed by atoms with Gasteiger partial charge in [-0.3, -0.25) is 4.79 Å². The molecule has 1 N–H and O–H groups in total. The van der Waals surface area contributed by atoms with Crippen LogP contribution in [0.4, 0.5) is 0 Å². The molecular formula is C19H20N2O4S2. The second-order valence-electron chi connectivity index (χ2n) is 5.61. The van der Waals surface area contributed by atoms with Gasteiger partial charge in [0.2, 0.25) is 5.75 Å². The van der Waals surface area contributed by atoms with Crippen molar-refractivity contribution in [3.63, 3.8) is 0 Å². The number of rotatable bonds is 7. The number of hydrogen-bond acceptors (Lipinski definition) is 7. The molecule has 2 heterocycles. The first-order valence-electron chi connectivity index (χ1n) is 8.15. The SMILES string of the molecule is COc1cc(C(=O)NCc2ccc(-c3csc(C)n3)s2)cc(OC)c1OC. The number of thiazole rings is 1. The number of aryl methyl sites for hydroxylation is 1. The largest absolute Gasteiger partial charge is 0.493 e.